The van der Waals surface area contributed by atoms with Crippen molar-refractivity contribution in [3.05, 3.63) is 60.3 Å². The van der Waals surface area contributed by atoms with E-state index in [4.69, 9.17) is 0 Å². The van der Waals surface area contributed by atoms with E-state index < -0.39 is 0 Å². The highest BCUT2D eigenvalue weighted by molar-refractivity contribution is 6.08. The second kappa shape index (κ2) is 8.62. The van der Waals surface area contributed by atoms with Crippen LogP contribution in [0.25, 0.3) is 0 Å². The molecule has 1 amide bonds. The minimum Gasteiger partial charge on any atom is -0.366 e. The zero-order valence-electron chi connectivity index (χ0n) is 14.0. The topological polar surface area (TPSA) is 66.4 Å². The number of carbonyl (C=O) groups excluding carboxylic acids is 1. The predicted molar refractivity (Wildman–Crippen MR) is 100 cm³/mol. The zero-order valence-corrected chi connectivity index (χ0v) is 14.0. The molecule has 5 heteroatoms. The highest BCUT2D eigenvalue weighted by Gasteiger charge is 2.14. The Balaban J connectivity index is 2.29. The van der Waals surface area contributed by atoms with Gasteiger partial charge in [0, 0.05) is 19.0 Å². The van der Waals surface area contributed by atoms with Gasteiger partial charge in [-0.1, -0.05) is 25.1 Å². The molecule has 0 spiro atoms. The van der Waals surface area contributed by atoms with Crippen molar-refractivity contribution in [2.24, 2.45) is 4.99 Å². The summed E-state index contributed by atoms with van der Waals surface area (Å²) in [6, 6.07) is 9.19. The van der Waals surface area contributed by atoms with Gasteiger partial charge in [0.2, 0.25) is 0 Å². The average molecular weight is 322 g/mol. The summed E-state index contributed by atoms with van der Waals surface area (Å²) in [6.45, 7) is 8.19. The van der Waals surface area contributed by atoms with Crippen LogP contribution in [0.15, 0.2) is 54.2 Å². The van der Waals surface area contributed by atoms with Crippen LogP contribution in [-0.4, -0.2) is 23.7 Å². The Morgan fingerprint density at radius 3 is 2.92 bits per heavy atom. The molecule has 2 N–H and O–H groups in total. The number of pyridine rings is 1. The van der Waals surface area contributed by atoms with Crippen LogP contribution in [0.2, 0.25) is 0 Å². The van der Waals surface area contributed by atoms with Crippen LogP contribution in [0.3, 0.4) is 0 Å². The Morgan fingerprint density at radius 2 is 2.17 bits per heavy atom. The van der Waals surface area contributed by atoms with E-state index in [-0.39, 0.29) is 5.91 Å². The van der Waals surface area contributed by atoms with E-state index in [2.05, 4.69) is 27.2 Å². The van der Waals surface area contributed by atoms with Crippen molar-refractivity contribution < 1.29 is 4.79 Å². The standard InChI is InChI=1S/C19H22N4O/c1-4-11-20-17-14(3)8-6-10-16(17)23-19(24)15-9-7-13-22-18(15)21-12-5-2/h5-11,13H,2,4,12H2,1,3H3,(H,21,22)(H,23,24)/b20-11-. The molecule has 0 saturated carbocycles. The first-order chi connectivity index (χ1) is 11.7. The maximum atomic E-state index is 12.7. The van der Waals surface area contributed by atoms with E-state index in [1.54, 1.807) is 24.4 Å². The third kappa shape index (κ3) is 4.29. The molecule has 0 aliphatic heterocycles. The summed E-state index contributed by atoms with van der Waals surface area (Å²) in [5.41, 5.74) is 2.94. The van der Waals surface area contributed by atoms with Crippen LogP contribution < -0.4 is 10.6 Å². The monoisotopic (exact) mass is 322 g/mol. The second-order valence-electron chi connectivity index (χ2n) is 5.21. The van der Waals surface area contributed by atoms with E-state index in [0.29, 0.717) is 23.6 Å². The first kappa shape index (κ1) is 17.4. The first-order valence-electron chi connectivity index (χ1n) is 7.90. The quantitative estimate of drug-likeness (QED) is 0.588. The molecule has 1 aromatic heterocycles. The zero-order chi connectivity index (χ0) is 17.4. The first-order valence-corrected chi connectivity index (χ1v) is 7.90. The third-order valence-electron chi connectivity index (χ3n) is 3.36. The van der Waals surface area contributed by atoms with Crippen LogP contribution in [0.5, 0.6) is 0 Å². The van der Waals surface area contributed by atoms with Crippen molar-refractivity contribution >= 4 is 29.3 Å². The lowest BCUT2D eigenvalue weighted by Crippen LogP contribution is -2.16. The number of nitrogens with one attached hydrogen (secondary N) is 2. The fourth-order valence-corrected chi connectivity index (χ4v) is 2.20. The van der Waals surface area contributed by atoms with Crippen molar-refractivity contribution in [3.63, 3.8) is 0 Å². The summed E-state index contributed by atoms with van der Waals surface area (Å²) in [5.74, 6) is 0.300. The summed E-state index contributed by atoms with van der Waals surface area (Å²) in [5, 5.41) is 6.01. The Hall–Kier alpha value is -2.95. The number of carbonyl (C=O) groups is 1. The molecular weight excluding hydrogens is 300 g/mol. The average Bonchev–Trinajstić information content (AvgIpc) is 2.59. The molecule has 0 unspecified atom stereocenters. The van der Waals surface area contributed by atoms with Crippen molar-refractivity contribution in [3.8, 4) is 0 Å². The number of hydrogen-bond acceptors (Lipinski definition) is 4. The lowest BCUT2D eigenvalue weighted by atomic mass is 10.1. The Morgan fingerprint density at radius 1 is 1.33 bits per heavy atom. The largest absolute Gasteiger partial charge is 0.366 e. The third-order valence-corrected chi connectivity index (χ3v) is 3.36. The van der Waals surface area contributed by atoms with E-state index >= 15 is 0 Å². The van der Waals surface area contributed by atoms with Gasteiger partial charge in [-0.3, -0.25) is 9.79 Å². The minimum atomic E-state index is -0.229. The molecule has 2 aromatic rings. The lowest BCUT2D eigenvalue weighted by molar-refractivity contribution is 0.102. The van der Waals surface area contributed by atoms with Crippen LogP contribution in [0, 0.1) is 6.92 Å². The number of nitrogens with zero attached hydrogens (tertiary/aromatic N) is 2. The summed E-state index contributed by atoms with van der Waals surface area (Å²) >= 11 is 0. The van der Waals surface area contributed by atoms with Crippen LogP contribution in [0.1, 0.15) is 29.3 Å². The molecule has 5 nitrogen and oxygen atoms in total. The van der Waals surface area contributed by atoms with Gasteiger partial charge in [0.15, 0.2) is 0 Å². The molecule has 0 aliphatic rings. The van der Waals surface area contributed by atoms with Gasteiger partial charge in [-0.25, -0.2) is 4.98 Å². The van der Waals surface area contributed by atoms with Gasteiger partial charge in [0.25, 0.3) is 5.91 Å². The van der Waals surface area contributed by atoms with Crippen LogP contribution in [-0.2, 0) is 0 Å². The summed E-state index contributed by atoms with van der Waals surface area (Å²) < 4.78 is 0. The predicted octanol–water partition coefficient (Wildman–Crippen LogP) is 4.35. The minimum absolute atomic E-state index is 0.229. The van der Waals surface area contributed by atoms with Gasteiger partial charge in [-0.2, -0.15) is 0 Å². The Labute approximate surface area is 142 Å². The Kier molecular flexibility index (Phi) is 6.25. The van der Waals surface area contributed by atoms with Gasteiger partial charge in [-0.05, 0) is 37.1 Å². The van der Waals surface area contributed by atoms with Gasteiger partial charge in [0.1, 0.15) is 5.82 Å². The fourth-order valence-electron chi connectivity index (χ4n) is 2.20. The molecule has 0 bridgehead atoms. The van der Waals surface area contributed by atoms with Crippen molar-refractivity contribution in [2.75, 3.05) is 17.2 Å². The molecule has 2 rings (SSSR count). The molecule has 1 aromatic carbocycles. The smallest absolute Gasteiger partial charge is 0.259 e. The number of amides is 1. The summed E-state index contributed by atoms with van der Waals surface area (Å²) in [7, 11) is 0. The SMILES string of the molecule is C=CCNc1ncccc1C(=O)Nc1cccc(C)c1/N=C\CC. The summed E-state index contributed by atoms with van der Waals surface area (Å²) in [4.78, 5) is 21.3. The number of rotatable bonds is 7. The van der Waals surface area contributed by atoms with E-state index in [1.165, 1.54) is 0 Å². The van der Waals surface area contributed by atoms with E-state index in [0.717, 1.165) is 17.7 Å². The number of aryl methyl sites for hydroxylation is 1. The summed E-state index contributed by atoms with van der Waals surface area (Å²) in [6.07, 6.45) is 6.03. The highest BCUT2D eigenvalue weighted by atomic mass is 16.1. The van der Waals surface area contributed by atoms with Gasteiger partial charge in [0.05, 0.1) is 16.9 Å². The number of hydrogen-bond donors (Lipinski definition) is 2. The molecular formula is C19H22N4O. The molecule has 1 heterocycles. The molecule has 0 atom stereocenters. The van der Waals surface area contributed by atoms with Crippen molar-refractivity contribution in [1.29, 1.82) is 0 Å². The highest BCUT2D eigenvalue weighted by Crippen LogP contribution is 2.29. The maximum Gasteiger partial charge on any atom is 0.259 e. The second-order valence-corrected chi connectivity index (χ2v) is 5.21. The normalized spacial score (nSPS) is 10.6. The number of anilines is 2. The number of aromatic nitrogens is 1. The number of benzene rings is 1. The molecule has 0 aliphatic carbocycles. The number of aliphatic imine (C=N–C) groups is 1. The van der Waals surface area contributed by atoms with Gasteiger partial charge in [-0.15, -0.1) is 6.58 Å². The van der Waals surface area contributed by atoms with Gasteiger partial charge < -0.3 is 10.6 Å². The molecule has 0 radical (unpaired) electrons. The molecule has 0 fully saturated rings. The van der Waals surface area contributed by atoms with E-state index in [1.807, 2.05) is 38.3 Å². The van der Waals surface area contributed by atoms with Gasteiger partial charge >= 0.3 is 0 Å². The number of para-hydroxylation sites is 1. The van der Waals surface area contributed by atoms with E-state index in [9.17, 15) is 4.79 Å². The van der Waals surface area contributed by atoms with Crippen molar-refractivity contribution in [2.45, 2.75) is 20.3 Å². The van der Waals surface area contributed by atoms with Crippen LogP contribution >= 0.6 is 0 Å². The van der Waals surface area contributed by atoms with Crippen molar-refractivity contribution in [1.82, 2.24) is 4.98 Å². The molecule has 0 saturated heterocycles. The molecule has 24 heavy (non-hydrogen) atoms. The Bertz CT molecular complexity index is 753. The van der Waals surface area contributed by atoms with Crippen LogP contribution in [0.4, 0.5) is 17.2 Å². The molecule has 124 valence electrons. The lowest BCUT2D eigenvalue weighted by Gasteiger charge is -2.12. The maximum absolute atomic E-state index is 12.7. The fraction of sp³-hybridized carbons (Fsp3) is 0.211.